The molecule has 0 saturated heterocycles. The first kappa shape index (κ1) is 35.2. The van der Waals surface area contributed by atoms with E-state index < -0.39 is 0 Å². The fraction of sp³-hybridized carbons (Fsp3) is 0. The van der Waals surface area contributed by atoms with E-state index in [1.54, 1.807) is 0 Å². The Kier molecular flexibility index (Phi) is 8.87. The Balaban J connectivity index is 1.12. The predicted molar refractivity (Wildman–Crippen MR) is 253 cm³/mol. The van der Waals surface area contributed by atoms with Crippen LogP contribution in [0, 0.1) is 0 Å². The molecule has 60 heavy (non-hydrogen) atoms. The first-order chi connectivity index (χ1) is 29.8. The van der Waals surface area contributed by atoms with Gasteiger partial charge < -0.3 is 9.32 Å². The number of hydrogen-bond acceptors (Lipinski definition) is 2. The summed E-state index contributed by atoms with van der Waals surface area (Å²) >= 11 is 0. The van der Waals surface area contributed by atoms with Crippen molar-refractivity contribution >= 4 is 49.8 Å². The van der Waals surface area contributed by atoms with E-state index in [0.29, 0.717) is 0 Å². The van der Waals surface area contributed by atoms with E-state index in [4.69, 9.17) is 4.42 Å². The van der Waals surface area contributed by atoms with Crippen LogP contribution in [0.2, 0.25) is 0 Å². The third-order valence-electron chi connectivity index (χ3n) is 11.7. The van der Waals surface area contributed by atoms with E-state index in [1.165, 1.54) is 55.3 Å². The molecule has 0 bridgehead atoms. The molecule has 0 saturated carbocycles. The molecule has 0 atom stereocenters. The van der Waals surface area contributed by atoms with Crippen LogP contribution in [0.1, 0.15) is 0 Å². The molecule has 10 aromatic carbocycles. The zero-order valence-electron chi connectivity index (χ0n) is 32.9. The van der Waals surface area contributed by atoms with Crippen LogP contribution >= 0.6 is 0 Å². The maximum Gasteiger partial charge on any atom is 0.159 e. The number of furan rings is 1. The van der Waals surface area contributed by atoms with Gasteiger partial charge in [-0.15, -0.1) is 0 Å². The monoisotopic (exact) mass is 765 g/mol. The van der Waals surface area contributed by atoms with E-state index in [-0.39, 0.29) is 0 Å². The lowest BCUT2D eigenvalue weighted by Gasteiger charge is -2.27. The quantitative estimate of drug-likeness (QED) is 0.153. The summed E-state index contributed by atoms with van der Waals surface area (Å²) in [6.07, 6.45) is 0. The Bertz CT molecular complexity index is 3300. The van der Waals surface area contributed by atoms with Gasteiger partial charge in [0.2, 0.25) is 0 Å². The molecule has 11 rings (SSSR count). The summed E-state index contributed by atoms with van der Waals surface area (Å²) in [7, 11) is 0. The summed E-state index contributed by atoms with van der Waals surface area (Å²) in [6, 6.07) is 84.8. The molecule has 0 spiro atoms. The maximum absolute atomic E-state index is 6.72. The molecule has 0 radical (unpaired) electrons. The van der Waals surface area contributed by atoms with Crippen molar-refractivity contribution in [3.63, 3.8) is 0 Å². The summed E-state index contributed by atoms with van der Waals surface area (Å²) in [4.78, 5) is 2.35. The second-order valence-electron chi connectivity index (χ2n) is 15.2. The smallest absolute Gasteiger partial charge is 0.159 e. The third kappa shape index (κ3) is 6.23. The van der Waals surface area contributed by atoms with Gasteiger partial charge in [0.1, 0.15) is 5.58 Å². The number of para-hydroxylation sites is 2. The average Bonchev–Trinajstić information content (AvgIpc) is 3.72. The summed E-state index contributed by atoms with van der Waals surface area (Å²) in [5.74, 6) is 0. The fourth-order valence-electron chi connectivity index (χ4n) is 8.93. The van der Waals surface area contributed by atoms with E-state index in [2.05, 4.69) is 235 Å². The molecule has 0 aliphatic carbocycles. The van der Waals surface area contributed by atoms with Crippen LogP contribution in [0.5, 0.6) is 0 Å². The van der Waals surface area contributed by atoms with Crippen molar-refractivity contribution in [2.75, 3.05) is 4.90 Å². The molecule has 0 amide bonds. The lowest BCUT2D eigenvalue weighted by Crippen LogP contribution is -2.10. The van der Waals surface area contributed by atoms with Crippen molar-refractivity contribution in [1.82, 2.24) is 0 Å². The molecule has 0 aliphatic heterocycles. The number of fused-ring (bicyclic) bond motifs is 4. The Labute approximate surface area is 349 Å². The first-order valence-electron chi connectivity index (χ1n) is 20.5. The molecule has 0 aliphatic rings. The largest absolute Gasteiger partial charge is 0.454 e. The standard InChI is InChI=1S/C58H39NO/c1-3-17-40(18-4-1)49-26-9-10-28-53(49)57-50(42-19-5-2-6-20-42)30-15-31-51(57)44-23-13-24-46(39-44)59(55-33-16-32-54-52-27-11-12-34-56(52)60-58(54)55)45-37-35-43(36-38-45)48-29-14-22-41-21-7-8-25-47(41)48/h1-39H. The zero-order chi connectivity index (χ0) is 39.8. The Morgan fingerprint density at radius 2 is 0.817 bits per heavy atom. The molecule has 282 valence electrons. The number of anilines is 3. The van der Waals surface area contributed by atoms with Crippen LogP contribution in [-0.2, 0) is 0 Å². The fourth-order valence-corrected chi connectivity index (χ4v) is 8.93. The van der Waals surface area contributed by atoms with Crippen molar-refractivity contribution in [2.45, 2.75) is 0 Å². The zero-order valence-corrected chi connectivity index (χ0v) is 32.9. The van der Waals surface area contributed by atoms with Crippen molar-refractivity contribution in [2.24, 2.45) is 0 Å². The Morgan fingerprint density at radius 1 is 0.300 bits per heavy atom. The highest BCUT2D eigenvalue weighted by Crippen LogP contribution is 2.47. The third-order valence-corrected chi connectivity index (χ3v) is 11.7. The van der Waals surface area contributed by atoms with Gasteiger partial charge in [-0.1, -0.05) is 200 Å². The molecular weight excluding hydrogens is 727 g/mol. The molecule has 0 fully saturated rings. The number of hydrogen-bond donors (Lipinski definition) is 0. The van der Waals surface area contributed by atoms with Gasteiger partial charge in [0.25, 0.3) is 0 Å². The van der Waals surface area contributed by atoms with Gasteiger partial charge in [0, 0.05) is 22.1 Å². The van der Waals surface area contributed by atoms with Crippen molar-refractivity contribution in [3.8, 4) is 55.6 Å². The molecule has 1 heterocycles. The lowest BCUT2D eigenvalue weighted by molar-refractivity contribution is 0.669. The molecule has 1 aromatic heterocycles. The van der Waals surface area contributed by atoms with E-state index in [9.17, 15) is 0 Å². The summed E-state index contributed by atoms with van der Waals surface area (Å²) in [6.45, 7) is 0. The molecule has 11 aromatic rings. The predicted octanol–water partition coefficient (Wildman–Crippen LogP) is 16.5. The van der Waals surface area contributed by atoms with Crippen LogP contribution in [0.3, 0.4) is 0 Å². The van der Waals surface area contributed by atoms with Crippen molar-refractivity contribution in [3.05, 3.63) is 237 Å². The molecule has 0 N–H and O–H groups in total. The molecule has 2 nitrogen and oxygen atoms in total. The number of benzene rings is 10. The highest BCUT2D eigenvalue weighted by Gasteiger charge is 2.22. The first-order valence-corrected chi connectivity index (χ1v) is 20.5. The topological polar surface area (TPSA) is 16.4 Å². The van der Waals surface area contributed by atoms with Gasteiger partial charge >= 0.3 is 0 Å². The minimum Gasteiger partial charge on any atom is -0.454 e. The van der Waals surface area contributed by atoms with Crippen LogP contribution in [0.25, 0.3) is 88.3 Å². The Morgan fingerprint density at radius 3 is 1.62 bits per heavy atom. The highest BCUT2D eigenvalue weighted by molar-refractivity contribution is 6.10. The van der Waals surface area contributed by atoms with Crippen LogP contribution in [0.15, 0.2) is 241 Å². The van der Waals surface area contributed by atoms with Crippen molar-refractivity contribution < 1.29 is 4.42 Å². The van der Waals surface area contributed by atoms with Crippen LogP contribution < -0.4 is 4.90 Å². The van der Waals surface area contributed by atoms with Gasteiger partial charge in [0.15, 0.2) is 5.58 Å². The van der Waals surface area contributed by atoms with Gasteiger partial charge in [0.05, 0.1) is 5.69 Å². The van der Waals surface area contributed by atoms with E-state index in [1.807, 2.05) is 6.07 Å². The highest BCUT2D eigenvalue weighted by atomic mass is 16.3. The SMILES string of the molecule is c1ccc(-c2ccccc2-c2c(-c3ccccc3)cccc2-c2cccc(N(c3ccc(-c4cccc5ccccc45)cc3)c3cccc4c3oc3ccccc34)c2)cc1. The Hall–Kier alpha value is -7.94. The second kappa shape index (κ2) is 15.1. The van der Waals surface area contributed by atoms with Gasteiger partial charge in [-0.3, -0.25) is 0 Å². The van der Waals surface area contributed by atoms with Crippen LogP contribution in [-0.4, -0.2) is 0 Å². The van der Waals surface area contributed by atoms with E-state index >= 15 is 0 Å². The molecule has 2 heteroatoms. The molecular formula is C58H39NO. The number of rotatable bonds is 8. The van der Waals surface area contributed by atoms with Crippen LogP contribution in [0.4, 0.5) is 17.1 Å². The maximum atomic E-state index is 6.72. The van der Waals surface area contributed by atoms with E-state index in [0.717, 1.165) is 50.1 Å². The van der Waals surface area contributed by atoms with Crippen molar-refractivity contribution in [1.29, 1.82) is 0 Å². The minimum atomic E-state index is 0.853. The summed E-state index contributed by atoms with van der Waals surface area (Å²) in [5.41, 5.74) is 16.6. The average molecular weight is 766 g/mol. The molecule has 0 unspecified atom stereocenters. The normalized spacial score (nSPS) is 11.3. The van der Waals surface area contributed by atoms with Gasteiger partial charge in [-0.25, -0.2) is 0 Å². The van der Waals surface area contributed by atoms with Gasteiger partial charge in [-0.2, -0.15) is 0 Å². The summed E-state index contributed by atoms with van der Waals surface area (Å²) < 4.78 is 6.72. The second-order valence-corrected chi connectivity index (χ2v) is 15.2. The lowest BCUT2D eigenvalue weighted by atomic mass is 9.84. The number of nitrogens with zero attached hydrogens (tertiary/aromatic N) is 1. The minimum absolute atomic E-state index is 0.853. The van der Waals surface area contributed by atoms with Gasteiger partial charge in [-0.05, 0) is 103 Å². The summed E-state index contributed by atoms with van der Waals surface area (Å²) in [5, 5.41) is 4.67.